The second-order valence-corrected chi connectivity index (χ2v) is 3.62. The van der Waals surface area contributed by atoms with E-state index < -0.39 is 12.2 Å². The van der Waals surface area contributed by atoms with E-state index in [9.17, 15) is 9.59 Å². The maximum Gasteiger partial charge on any atom is 0.323 e. The molecule has 0 bridgehead atoms. The molecule has 5 heteroatoms. The molecule has 17 heavy (non-hydrogen) atoms. The number of urea groups is 1. The van der Waals surface area contributed by atoms with E-state index >= 15 is 0 Å². The third-order valence-electron chi connectivity index (χ3n) is 2.32. The Morgan fingerprint density at radius 1 is 1.24 bits per heavy atom. The second kappa shape index (κ2) is 5.27. The summed E-state index contributed by atoms with van der Waals surface area (Å²) < 4.78 is 0. The van der Waals surface area contributed by atoms with Crippen molar-refractivity contribution in [3.63, 3.8) is 0 Å². The fraction of sp³-hybridized carbons (Fsp3) is 0.167. The molecular weight excluding hydrogens is 218 g/mol. The molecule has 5 nitrogen and oxygen atoms in total. The summed E-state index contributed by atoms with van der Waals surface area (Å²) in [6.07, 6.45) is 3.21. The van der Waals surface area contributed by atoms with E-state index in [1.165, 1.54) is 0 Å². The third kappa shape index (κ3) is 3.15. The highest BCUT2D eigenvalue weighted by Crippen LogP contribution is 2.00. The SMILES string of the molecule is O=C1NC(=O)C(NCC=Cc2ccccc2)N1. The predicted octanol–water partition coefficient (Wildman–Crippen LogP) is 0.455. The van der Waals surface area contributed by atoms with Crippen LogP contribution in [-0.2, 0) is 4.79 Å². The van der Waals surface area contributed by atoms with Crippen molar-refractivity contribution in [2.75, 3.05) is 6.54 Å². The molecule has 0 spiro atoms. The third-order valence-corrected chi connectivity index (χ3v) is 2.32. The number of imide groups is 1. The Kier molecular flexibility index (Phi) is 3.52. The van der Waals surface area contributed by atoms with Crippen molar-refractivity contribution >= 4 is 18.0 Å². The van der Waals surface area contributed by atoms with Crippen LogP contribution < -0.4 is 16.0 Å². The normalized spacial score (nSPS) is 19.4. The Hall–Kier alpha value is -2.14. The van der Waals surface area contributed by atoms with Crippen molar-refractivity contribution in [2.24, 2.45) is 0 Å². The van der Waals surface area contributed by atoms with Gasteiger partial charge in [-0.05, 0) is 5.56 Å². The number of amides is 3. The van der Waals surface area contributed by atoms with Gasteiger partial charge < -0.3 is 5.32 Å². The van der Waals surface area contributed by atoms with Crippen molar-refractivity contribution < 1.29 is 9.59 Å². The van der Waals surface area contributed by atoms with Crippen LogP contribution in [0.25, 0.3) is 6.08 Å². The highest BCUT2D eigenvalue weighted by Gasteiger charge is 2.28. The van der Waals surface area contributed by atoms with Crippen molar-refractivity contribution in [1.29, 1.82) is 0 Å². The first-order chi connectivity index (χ1) is 8.25. The van der Waals surface area contributed by atoms with Gasteiger partial charge in [-0.15, -0.1) is 0 Å². The Morgan fingerprint density at radius 2 is 2.00 bits per heavy atom. The quantitative estimate of drug-likeness (QED) is 0.659. The average Bonchev–Trinajstić information content (AvgIpc) is 2.65. The van der Waals surface area contributed by atoms with Gasteiger partial charge in [0.1, 0.15) is 0 Å². The van der Waals surface area contributed by atoms with Gasteiger partial charge in [0, 0.05) is 6.54 Å². The van der Waals surface area contributed by atoms with E-state index in [0.717, 1.165) is 5.56 Å². The van der Waals surface area contributed by atoms with Crippen molar-refractivity contribution in [2.45, 2.75) is 6.17 Å². The van der Waals surface area contributed by atoms with Crippen LogP contribution in [0.2, 0.25) is 0 Å². The van der Waals surface area contributed by atoms with Crippen molar-refractivity contribution in [3.8, 4) is 0 Å². The first kappa shape index (κ1) is 11.3. The molecular formula is C12H13N3O2. The maximum atomic E-state index is 11.2. The fourth-order valence-electron chi connectivity index (χ4n) is 1.51. The molecule has 1 atom stereocenters. The van der Waals surface area contributed by atoms with Gasteiger partial charge in [0.15, 0.2) is 6.17 Å². The number of nitrogens with one attached hydrogen (secondary N) is 3. The van der Waals surface area contributed by atoms with E-state index in [-0.39, 0.29) is 5.91 Å². The van der Waals surface area contributed by atoms with Gasteiger partial charge in [-0.25, -0.2) is 4.79 Å². The molecule has 3 amide bonds. The molecule has 1 unspecified atom stereocenters. The van der Waals surface area contributed by atoms with E-state index in [1.54, 1.807) is 0 Å². The Labute approximate surface area is 98.9 Å². The molecule has 1 saturated heterocycles. The number of benzene rings is 1. The zero-order valence-corrected chi connectivity index (χ0v) is 9.14. The van der Waals surface area contributed by atoms with Gasteiger partial charge in [-0.3, -0.25) is 15.4 Å². The first-order valence-corrected chi connectivity index (χ1v) is 5.32. The standard InChI is InChI=1S/C12H13N3O2/c16-11-10(14-12(17)15-11)13-8-4-7-9-5-2-1-3-6-9/h1-7,10,13H,8H2,(H2,14,15,16,17). The van der Waals surface area contributed by atoms with Gasteiger partial charge in [-0.1, -0.05) is 42.5 Å². The predicted molar refractivity (Wildman–Crippen MR) is 63.9 cm³/mol. The van der Waals surface area contributed by atoms with Crippen LogP contribution in [-0.4, -0.2) is 24.6 Å². The van der Waals surface area contributed by atoms with Gasteiger partial charge in [0.2, 0.25) is 0 Å². The highest BCUT2D eigenvalue weighted by atomic mass is 16.2. The Morgan fingerprint density at radius 3 is 2.65 bits per heavy atom. The smallest absolute Gasteiger partial charge is 0.314 e. The molecule has 1 fully saturated rings. The minimum Gasteiger partial charge on any atom is -0.314 e. The minimum absolute atomic E-state index is 0.344. The molecule has 1 aromatic carbocycles. The Balaban J connectivity index is 1.78. The molecule has 1 aliphatic rings. The van der Waals surface area contributed by atoms with Crippen LogP contribution in [0.5, 0.6) is 0 Å². The van der Waals surface area contributed by atoms with Crippen LogP contribution in [0.4, 0.5) is 4.79 Å². The zero-order valence-electron chi connectivity index (χ0n) is 9.14. The van der Waals surface area contributed by atoms with Crippen molar-refractivity contribution in [1.82, 2.24) is 16.0 Å². The summed E-state index contributed by atoms with van der Waals surface area (Å²) in [6, 6.07) is 9.38. The molecule has 1 aromatic rings. The molecule has 1 aliphatic heterocycles. The van der Waals surface area contributed by atoms with Crippen LogP contribution >= 0.6 is 0 Å². The lowest BCUT2D eigenvalue weighted by Crippen LogP contribution is -2.43. The van der Waals surface area contributed by atoms with Crippen LogP contribution in [0, 0.1) is 0 Å². The monoisotopic (exact) mass is 231 g/mol. The molecule has 0 aromatic heterocycles. The first-order valence-electron chi connectivity index (χ1n) is 5.32. The van der Waals surface area contributed by atoms with E-state index in [1.807, 2.05) is 42.5 Å². The molecule has 2 rings (SSSR count). The maximum absolute atomic E-state index is 11.2. The van der Waals surface area contributed by atoms with Crippen molar-refractivity contribution in [3.05, 3.63) is 42.0 Å². The van der Waals surface area contributed by atoms with E-state index in [4.69, 9.17) is 0 Å². The number of rotatable bonds is 4. The summed E-state index contributed by atoms with van der Waals surface area (Å²) in [4.78, 5) is 22.0. The van der Waals surface area contributed by atoms with Crippen LogP contribution in [0.3, 0.4) is 0 Å². The number of hydrogen-bond donors (Lipinski definition) is 3. The lowest BCUT2D eigenvalue weighted by atomic mass is 10.2. The van der Waals surface area contributed by atoms with Gasteiger partial charge >= 0.3 is 6.03 Å². The summed E-state index contributed by atoms with van der Waals surface area (Å²) in [5.74, 6) is -0.344. The Bertz CT molecular complexity index is 442. The summed E-state index contributed by atoms with van der Waals surface area (Å²) >= 11 is 0. The van der Waals surface area contributed by atoms with E-state index in [2.05, 4.69) is 16.0 Å². The van der Waals surface area contributed by atoms with Crippen LogP contribution in [0.1, 0.15) is 5.56 Å². The highest BCUT2D eigenvalue weighted by molar-refractivity contribution is 6.03. The summed E-state index contributed by atoms with van der Waals surface area (Å²) in [7, 11) is 0. The largest absolute Gasteiger partial charge is 0.323 e. The molecule has 0 aliphatic carbocycles. The van der Waals surface area contributed by atoms with Gasteiger partial charge in [-0.2, -0.15) is 0 Å². The molecule has 88 valence electrons. The number of hydrogen-bond acceptors (Lipinski definition) is 3. The average molecular weight is 231 g/mol. The molecule has 3 N–H and O–H groups in total. The topological polar surface area (TPSA) is 70.2 Å². The number of carbonyl (C=O) groups is 2. The molecule has 0 radical (unpaired) electrons. The van der Waals surface area contributed by atoms with Crippen LogP contribution in [0.15, 0.2) is 36.4 Å². The lowest BCUT2D eigenvalue weighted by Gasteiger charge is -2.06. The van der Waals surface area contributed by atoms with Gasteiger partial charge in [0.25, 0.3) is 5.91 Å². The summed E-state index contributed by atoms with van der Waals surface area (Å²) in [6.45, 7) is 0.507. The lowest BCUT2D eigenvalue weighted by molar-refractivity contribution is -0.120. The van der Waals surface area contributed by atoms with E-state index in [0.29, 0.717) is 6.54 Å². The molecule has 1 heterocycles. The zero-order chi connectivity index (χ0) is 12.1. The minimum atomic E-state index is -0.636. The summed E-state index contributed by atoms with van der Waals surface area (Å²) in [5.41, 5.74) is 1.09. The summed E-state index contributed by atoms with van der Waals surface area (Å²) in [5, 5.41) is 7.51. The fourth-order valence-corrected chi connectivity index (χ4v) is 1.51. The molecule has 0 saturated carbocycles. The van der Waals surface area contributed by atoms with Gasteiger partial charge in [0.05, 0.1) is 0 Å². The number of carbonyl (C=O) groups excluding carboxylic acids is 2. The second-order valence-electron chi connectivity index (χ2n) is 3.62.